The van der Waals surface area contributed by atoms with Crippen LogP contribution in [0.15, 0.2) is 52.9 Å². The van der Waals surface area contributed by atoms with Gasteiger partial charge in [0.1, 0.15) is 4.21 Å². The molecule has 1 amide bonds. The van der Waals surface area contributed by atoms with E-state index in [1.807, 2.05) is 30.3 Å². The average molecular weight is 377 g/mol. The van der Waals surface area contributed by atoms with Gasteiger partial charge < -0.3 is 5.32 Å². The van der Waals surface area contributed by atoms with Crippen molar-refractivity contribution in [1.82, 2.24) is 25.0 Å². The van der Waals surface area contributed by atoms with Crippen molar-refractivity contribution in [1.29, 1.82) is 0 Å². The zero-order valence-corrected chi connectivity index (χ0v) is 14.8. The van der Waals surface area contributed by atoms with Crippen LogP contribution < -0.4 is 10.0 Å². The fourth-order valence-electron chi connectivity index (χ4n) is 2.01. The highest BCUT2D eigenvalue weighted by Crippen LogP contribution is 2.21. The van der Waals surface area contributed by atoms with Gasteiger partial charge in [-0.15, -0.1) is 16.4 Å². The van der Waals surface area contributed by atoms with Crippen molar-refractivity contribution in [3.63, 3.8) is 0 Å². The molecule has 0 atom stereocenters. The van der Waals surface area contributed by atoms with Gasteiger partial charge in [-0.05, 0) is 31.3 Å². The van der Waals surface area contributed by atoms with Gasteiger partial charge in [0.25, 0.3) is 5.91 Å². The lowest BCUT2D eigenvalue weighted by atomic mass is 10.3. The van der Waals surface area contributed by atoms with E-state index in [2.05, 4.69) is 20.2 Å². The van der Waals surface area contributed by atoms with E-state index < -0.39 is 10.0 Å². The van der Waals surface area contributed by atoms with Crippen LogP contribution in [0.1, 0.15) is 15.4 Å². The quantitative estimate of drug-likeness (QED) is 0.671. The number of amides is 1. The molecular weight excluding hydrogens is 362 g/mol. The van der Waals surface area contributed by atoms with Gasteiger partial charge >= 0.3 is 0 Å². The molecule has 0 spiro atoms. The molecule has 25 heavy (non-hydrogen) atoms. The SMILES string of the molecule is CNS(=O)(=O)c1ccc(CNC(=O)c2cnn(-c3ccccc3)n2)s1. The molecule has 0 bridgehead atoms. The van der Waals surface area contributed by atoms with E-state index in [4.69, 9.17) is 0 Å². The van der Waals surface area contributed by atoms with Crippen LogP contribution in [0.4, 0.5) is 0 Å². The van der Waals surface area contributed by atoms with Crippen molar-refractivity contribution < 1.29 is 13.2 Å². The molecule has 10 heteroatoms. The summed E-state index contributed by atoms with van der Waals surface area (Å²) in [4.78, 5) is 14.3. The zero-order chi connectivity index (χ0) is 17.9. The molecule has 3 aromatic rings. The summed E-state index contributed by atoms with van der Waals surface area (Å²) in [5.74, 6) is -0.381. The molecular formula is C15H15N5O3S2. The lowest BCUT2D eigenvalue weighted by Crippen LogP contribution is -2.23. The van der Waals surface area contributed by atoms with Crippen LogP contribution in [-0.4, -0.2) is 36.4 Å². The maximum Gasteiger partial charge on any atom is 0.273 e. The first-order chi connectivity index (χ1) is 12.0. The third kappa shape index (κ3) is 3.92. The zero-order valence-electron chi connectivity index (χ0n) is 13.2. The number of sulfonamides is 1. The average Bonchev–Trinajstić information content (AvgIpc) is 3.30. The van der Waals surface area contributed by atoms with Gasteiger partial charge in [0, 0.05) is 4.88 Å². The fourth-order valence-corrected chi connectivity index (χ4v) is 4.14. The minimum Gasteiger partial charge on any atom is -0.346 e. The van der Waals surface area contributed by atoms with E-state index in [1.165, 1.54) is 24.1 Å². The number of benzene rings is 1. The van der Waals surface area contributed by atoms with Crippen molar-refractivity contribution in [3.05, 3.63) is 59.2 Å². The number of carbonyl (C=O) groups excluding carboxylic acids is 1. The molecule has 2 heterocycles. The summed E-state index contributed by atoms with van der Waals surface area (Å²) in [6, 6.07) is 12.4. The maximum absolute atomic E-state index is 12.2. The number of hydrogen-bond acceptors (Lipinski definition) is 6. The summed E-state index contributed by atoms with van der Waals surface area (Å²) >= 11 is 1.10. The number of rotatable bonds is 6. The van der Waals surface area contributed by atoms with Gasteiger partial charge in [-0.3, -0.25) is 4.79 Å². The van der Waals surface area contributed by atoms with E-state index in [1.54, 1.807) is 6.07 Å². The summed E-state index contributed by atoms with van der Waals surface area (Å²) < 4.78 is 25.9. The Kier molecular flexibility index (Phi) is 4.93. The Hall–Kier alpha value is -2.56. The Morgan fingerprint density at radius 2 is 1.96 bits per heavy atom. The monoisotopic (exact) mass is 377 g/mol. The van der Waals surface area contributed by atoms with Gasteiger partial charge in [0.05, 0.1) is 18.4 Å². The minimum absolute atomic E-state index is 0.184. The van der Waals surface area contributed by atoms with Crippen LogP contribution in [-0.2, 0) is 16.6 Å². The molecule has 0 aliphatic heterocycles. The van der Waals surface area contributed by atoms with Crippen LogP contribution >= 0.6 is 11.3 Å². The number of nitrogens with zero attached hydrogens (tertiary/aromatic N) is 3. The highest BCUT2D eigenvalue weighted by molar-refractivity contribution is 7.91. The summed E-state index contributed by atoms with van der Waals surface area (Å²) in [6.07, 6.45) is 1.38. The smallest absolute Gasteiger partial charge is 0.273 e. The maximum atomic E-state index is 12.2. The third-order valence-corrected chi connectivity index (χ3v) is 6.30. The van der Waals surface area contributed by atoms with Crippen LogP contribution in [0.25, 0.3) is 5.69 Å². The number of carbonyl (C=O) groups is 1. The molecule has 2 aromatic heterocycles. The highest BCUT2D eigenvalue weighted by Gasteiger charge is 2.15. The Morgan fingerprint density at radius 1 is 1.20 bits per heavy atom. The van der Waals surface area contributed by atoms with E-state index in [0.29, 0.717) is 0 Å². The Labute approximate surface area is 148 Å². The molecule has 0 aliphatic rings. The second-order valence-electron chi connectivity index (χ2n) is 4.97. The van der Waals surface area contributed by atoms with E-state index in [9.17, 15) is 13.2 Å². The molecule has 0 fully saturated rings. The van der Waals surface area contributed by atoms with Crippen LogP contribution in [0.5, 0.6) is 0 Å². The van der Waals surface area contributed by atoms with Crippen LogP contribution in [0.3, 0.4) is 0 Å². The largest absolute Gasteiger partial charge is 0.346 e. The Bertz CT molecular complexity index is 980. The van der Waals surface area contributed by atoms with Crippen LogP contribution in [0, 0.1) is 0 Å². The molecule has 0 saturated heterocycles. The van der Waals surface area contributed by atoms with Crippen molar-refractivity contribution in [2.45, 2.75) is 10.8 Å². The normalized spacial score (nSPS) is 11.4. The lowest BCUT2D eigenvalue weighted by Gasteiger charge is -2.01. The van der Waals surface area contributed by atoms with Gasteiger partial charge in [-0.25, -0.2) is 13.1 Å². The van der Waals surface area contributed by atoms with E-state index in [0.717, 1.165) is 21.9 Å². The van der Waals surface area contributed by atoms with Gasteiger partial charge in [-0.2, -0.15) is 9.90 Å². The number of thiophene rings is 1. The molecule has 0 radical (unpaired) electrons. The van der Waals surface area contributed by atoms with Gasteiger partial charge in [0.15, 0.2) is 5.69 Å². The molecule has 3 rings (SSSR count). The molecule has 8 nitrogen and oxygen atoms in total. The van der Waals surface area contributed by atoms with E-state index >= 15 is 0 Å². The second kappa shape index (κ2) is 7.13. The predicted octanol–water partition coefficient (Wildman–Crippen LogP) is 1.17. The molecule has 1 aromatic carbocycles. The molecule has 0 unspecified atom stereocenters. The molecule has 0 aliphatic carbocycles. The second-order valence-corrected chi connectivity index (χ2v) is 8.25. The fraction of sp³-hybridized carbons (Fsp3) is 0.133. The van der Waals surface area contributed by atoms with Crippen molar-refractivity contribution in [2.75, 3.05) is 7.05 Å². The molecule has 130 valence electrons. The Balaban J connectivity index is 1.65. The standard InChI is InChI=1S/C15H15N5O3S2/c1-16-25(22,23)14-8-7-12(24-14)9-17-15(21)13-10-18-20(19-13)11-5-3-2-4-6-11/h2-8,10,16H,9H2,1H3,(H,17,21). The van der Waals surface area contributed by atoms with Crippen molar-refractivity contribution in [2.24, 2.45) is 0 Å². The predicted molar refractivity (Wildman–Crippen MR) is 93.1 cm³/mol. The number of hydrogen-bond donors (Lipinski definition) is 2. The topological polar surface area (TPSA) is 106 Å². The summed E-state index contributed by atoms with van der Waals surface area (Å²) in [7, 11) is -2.11. The highest BCUT2D eigenvalue weighted by atomic mass is 32.2. The van der Waals surface area contributed by atoms with Crippen molar-refractivity contribution in [3.8, 4) is 5.69 Å². The number of nitrogens with one attached hydrogen (secondary N) is 2. The van der Waals surface area contributed by atoms with Gasteiger partial charge in [-0.1, -0.05) is 18.2 Å². The van der Waals surface area contributed by atoms with Crippen molar-refractivity contribution >= 4 is 27.3 Å². The molecule has 0 saturated carbocycles. The lowest BCUT2D eigenvalue weighted by molar-refractivity contribution is 0.0946. The number of para-hydroxylation sites is 1. The number of aromatic nitrogens is 3. The third-order valence-electron chi connectivity index (χ3n) is 3.31. The van der Waals surface area contributed by atoms with Gasteiger partial charge in [0.2, 0.25) is 10.0 Å². The first kappa shape index (κ1) is 17.3. The first-order valence-corrected chi connectivity index (χ1v) is 9.58. The summed E-state index contributed by atoms with van der Waals surface area (Å²) in [5.41, 5.74) is 0.935. The Morgan fingerprint density at radius 3 is 2.68 bits per heavy atom. The first-order valence-electron chi connectivity index (χ1n) is 7.28. The van der Waals surface area contributed by atoms with Crippen LogP contribution in [0.2, 0.25) is 0 Å². The van der Waals surface area contributed by atoms with E-state index in [-0.39, 0.29) is 22.4 Å². The summed E-state index contributed by atoms with van der Waals surface area (Å²) in [5, 5.41) is 10.9. The minimum atomic E-state index is -3.47. The summed E-state index contributed by atoms with van der Waals surface area (Å²) in [6.45, 7) is 0.209. The molecule has 2 N–H and O–H groups in total.